The van der Waals surface area contributed by atoms with Crippen LogP contribution in [0, 0.1) is 6.92 Å². The van der Waals surface area contributed by atoms with Gasteiger partial charge in [0.15, 0.2) is 5.82 Å². The molecule has 1 aromatic heterocycles. The number of anilines is 1. The Morgan fingerprint density at radius 3 is 2.72 bits per heavy atom. The molecule has 1 N–H and O–H groups in total. The number of carbonyl (C=O) groups excluding carboxylic acids is 2. The minimum atomic E-state index is -0.411. The summed E-state index contributed by atoms with van der Waals surface area (Å²) in [6.45, 7) is 2.99. The second kappa shape index (κ2) is 7.33. The minimum Gasteiger partial charge on any atom is -0.465 e. The van der Waals surface area contributed by atoms with Crippen LogP contribution in [-0.4, -0.2) is 47.2 Å². The molecule has 0 aliphatic carbocycles. The summed E-state index contributed by atoms with van der Waals surface area (Å²) in [5.74, 6) is 0.828. The zero-order valence-electron chi connectivity index (χ0n) is 14.2. The van der Waals surface area contributed by atoms with Crippen LogP contribution in [0.15, 0.2) is 28.8 Å². The number of esters is 1. The van der Waals surface area contributed by atoms with Crippen molar-refractivity contribution >= 4 is 17.7 Å². The highest BCUT2D eigenvalue weighted by atomic mass is 16.5. The summed E-state index contributed by atoms with van der Waals surface area (Å²) in [5.41, 5.74) is 1.05. The molecule has 25 heavy (non-hydrogen) atoms. The van der Waals surface area contributed by atoms with E-state index >= 15 is 0 Å². The molecule has 1 aliphatic rings. The van der Waals surface area contributed by atoms with E-state index in [0.717, 1.165) is 12.8 Å². The average Bonchev–Trinajstić information content (AvgIpc) is 3.08. The summed E-state index contributed by atoms with van der Waals surface area (Å²) >= 11 is 0. The van der Waals surface area contributed by atoms with Gasteiger partial charge in [-0.1, -0.05) is 5.16 Å². The molecule has 2 aromatic rings. The van der Waals surface area contributed by atoms with Gasteiger partial charge in [0.1, 0.15) is 0 Å². The molecule has 1 aliphatic heterocycles. The largest absolute Gasteiger partial charge is 0.465 e. The van der Waals surface area contributed by atoms with Gasteiger partial charge < -0.3 is 19.5 Å². The number of aromatic nitrogens is 2. The maximum absolute atomic E-state index is 12.5. The van der Waals surface area contributed by atoms with E-state index in [1.54, 1.807) is 36.1 Å². The number of hydrogen-bond acceptors (Lipinski definition) is 6. The number of hydrogen-bond donors (Lipinski definition) is 1. The molecule has 1 saturated heterocycles. The van der Waals surface area contributed by atoms with Crippen molar-refractivity contribution in [3.05, 3.63) is 41.5 Å². The molecule has 2 heterocycles. The summed E-state index contributed by atoms with van der Waals surface area (Å²) in [5, 5.41) is 6.66. The van der Waals surface area contributed by atoms with E-state index in [-0.39, 0.29) is 11.9 Å². The predicted octanol–water partition coefficient (Wildman–Crippen LogP) is 2.58. The summed E-state index contributed by atoms with van der Waals surface area (Å²) in [6, 6.07) is 6.38. The molecule has 8 nitrogen and oxygen atoms in total. The van der Waals surface area contributed by atoms with Crippen LogP contribution in [0.5, 0.6) is 0 Å². The van der Waals surface area contributed by atoms with Crippen molar-refractivity contribution < 1.29 is 18.8 Å². The lowest BCUT2D eigenvalue weighted by molar-refractivity contribution is 0.0600. The first-order valence-corrected chi connectivity index (χ1v) is 8.11. The van der Waals surface area contributed by atoms with Gasteiger partial charge in [-0.05, 0) is 44.0 Å². The van der Waals surface area contributed by atoms with Gasteiger partial charge in [0.05, 0.1) is 18.6 Å². The first-order valence-electron chi connectivity index (χ1n) is 8.11. The number of benzene rings is 1. The van der Waals surface area contributed by atoms with Gasteiger partial charge in [0.25, 0.3) is 0 Å². The van der Waals surface area contributed by atoms with Crippen molar-refractivity contribution in [2.45, 2.75) is 25.7 Å². The SMILES string of the molecule is COC(=O)c1ccc(NC(=O)N2CCC[C@H](c3nc(C)no3)C2)cc1. The lowest BCUT2D eigenvalue weighted by Crippen LogP contribution is -2.41. The number of aryl methyl sites for hydroxylation is 1. The van der Waals surface area contributed by atoms with E-state index in [4.69, 9.17) is 4.52 Å². The third kappa shape index (κ3) is 3.96. The second-order valence-corrected chi connectivity index (χ2v) is 5.96. The fourth-order valence-electron chi connectivity index (χ4n) is 2.85. The Morgan fingerprint density at radius 2 is 2.08 bits per heavy atom. The van der Waals surface area contributed by atoms with E-state index in [9.17, 15) is 9.59 Å². The zero-order valence-corrected chi connectivity index (χ0v) is 14.2. The highest BCUT2D eigenvalue weighted by Crippen LogP contribution is 2.26. The van der Waals surface area contributed by atoms with Crippen molar-refractivity contribution in [2.24, 2.45) is 0 Å². The topological polar surface area (TPSA) is 97.6 Å². The van der Waals surface area contributed by atoms with Gasteiger partial charge in [-0.25, -0.2) is 9.59 Å². The number of piperidine rings is 1. The Bertz CT molecular complexity index is 756. The molecule has 132 valence electrons. The molecule has 0 spiro atoms. The fraction of sp³-hybridized carbons (Fsp3) is 0.412. The van der Waals surface area contributed by atoms with E-state index in [1.807, 2.05) is 0 Å². The molecule has 0 bridgehead atoms. The van der Waals surface area contributed by atoms with E-state index < -0.39 is 5.97 Å². The van der Waals surface area contributed by atoms with E-state index in [1.165, 1.54) is 7.11 Å². The smallest absolute Gasteiger partial charge is 0.337 e. The van der Waals surface area contributed by atoms with E-state index in [0.29, 0.717) is 36.1 Å². The fourth-order valence-corrected chi connectivity index (χ4v) is 2.85. The lowest BCUT2D eigenvalue weighted by Gasteiger charge is -2.31. The zero-order chi connectivity index (χ0) is 17.8. The Labute approximate surface area is 145 Å². The Balaban J connectivity index is 1.61. The molecular weight excluding hydrogens is 324 g/mol. The third-order valence-corrected chi connectivity index (χ3v) is 4.16. The number of methoxy groups -OCH3 is 1. The summed E-state index contributed by atoms with van der Waals surface area (Å²) in [4.78, 5) is 29.9. The maximum atomic E-state index is 12.5. The molecule has 0 unspecified atom stereocenters. The molecule has 0 saturated carbocycles. The number of urea groups is 1. The Morgan fingerprint density at radius 1 is 1.32 bits per heavy atom. The van der Waals surface area contributed by atoms with Crippen molar-refractivity contribution in [2.75, 3.05) is 25.5 Å². The molecule has 3 rings (SSSR count). The van der Waals surface area contributed by atoms with Crippen LogP contribution in [-0.2, 0) is 4.74 Å². The predicted molar refractivity (Wildman–Crippen MR) is 89.4 cm³/mol. The van der Waals surface area contributed by atoms with Crippen LogP contribution < -0.4 is 5.32 Å². The summed E-state index contributed by atoms with van der Waals surface area (Å²) < 4.78 is 9.89. The van der Waals surface area contributed by atoms with Gasteiger partial charge in [-0.2, -0.15) is 4.98 Å². The van der Waals surface area contributed by atoms with Crippen LogP contribution in [0.1, 0.15) is 40.8 Å². The second-order valence-electron chi connectivity index (χ2n) is 5.96. The first-order chi connectivity index (χ1) is 12.1. The van der Waals surface area contributed by atoms with Crippen LogP contribution in [0.25, 0.3) is 0 Å². The number of nitrogens with zero attached hydrogens (tertiary/aromatic N) is 3. The monoisotopic (exact) mass is 344 g/mol. The van der Waals surface area contributed by atoms with Crippen molar-refractivity contribution in [1.82, 2.24) is 15.0 Å². The van der Waals surface area contributed by atoms with Crippen LogP contribution in [0.2, 0.25) is 0 Å². The quantitative estimate of drug-likeness (QED) is 0.860. The lowest BCUT2D eigenvalue weighted by atomic mass is 9.98. The molecule has 1 fully saturated rings. The average molecular weight is 344 g/mol. The third-order valence-electron chi connectivity index (χ3n) is 4.16. The first kappa shape index (κ1) is 16.9. The molecular formula is C17H20N4O4. The van der Waals surface area contributed by atoms with Gasteiger partial charge in [-0.15, -0.1) is 0 Å². The number of rotatable bonds is 3. The van der Waals surface area contributed by atoms with Crippen molar-refractivity contribution in [3.8, 4) is 0 Å². The molecule has 8 heteroatoms. The molecule has 1 atom stereocenters. The van der Waals surface area contributed by atoms with Gasteiger partial charge >= 0.3 is 12.0 Å². The molecule has 0 radical (unpaired) electrons. The number of nitrogens with one attached hydrogen (secondary N) is 1. The number of carbonyl (C=O) groups is 2. The highest BCUT2D eigenvalue weighted by Gasteiger charge is 2.28. The minimum absolute atomic E-state index is 0.0578. The maximum Gasteiger partial charge on any atom is 0.337 e. The van der Waals surface area contributed by atoms with Gasteiger partial charge in [0, 0.05) is 18.8 Å². The van der Waals surface area contributed by atoms with Crippen LogP contribution in [0.4, 0.5) is 10.5 Å². The molecule has 2 amide bonds. The van der Waals surface area contributed by atoms with Crippen LogP contribution in [0.3, 0.4) is 0 Å². The van der Waals surface area contributed by atoms with Crippen molar-refractivity contribution in [1.29, 1.82) is 0 Å². The Kier molecular flexibility index (Phi) is 4.97. The van der Waals surface area contributed by atoms with E-state index in [2.05, 4.69) is 20.2 Å². The van der Waals surface area contributed by atoms with Crippen LogP contribution >= 0.6 is 0 Å². The van der Waals surface area contributed by atoms with Gasteiger partial charge in [-0.3, -0.25) is 0 Å². The van der Waals surface area contributed by atoms with Gasteiger partial charge in [0.2, 0.25) is 5.89 Å². The highest BCUT2D eigenvalue weighted by molar-refractivity contribution is 5.92. The summed E-state index contributed by atoms with van der Waals surface area (Å²) in [7, 11) is 1.33. The normalized spacial score (nSPS) is 17.2. The number of likely N-dealkylation sites (tertiary alicyclic amines) is 1. The summed E-state index contributed by atoms with van der Waals surface area (Å²) in [6.07, 6.45) is 1.79. The molecule has 1 aromatic carbocycles. The number of ether oxygens (including phenoxy) is 1. The number of amides is 2. The standard InChI is InChI=1S/C17H20N4O4/c1-11-18-15(25-20-11)13-4-3-9-21(10-13)17(23)19-14-7-5-12(6-8-14)16(22)24-2/h5-8,13H,3-4,9-10H2,1-2H3,(H,19,23)/t13-/m0/s1. The Hall–Kier alpha value is -2.90. The van der Waals surface area contributed by atoms with Crippen molar-refractivity contribution in [3.63, 3.8) is 0 Å².